The van der Waals surface area contributed by atoms with Gasteiger partial charge in [0.25, 0.3) is 0 Å². The Kier molecular flexibility index (Phi) is 5.39. The van der Waals surface area contributed by atoms with Crippen LogP contribution in [0.15, 0.2) is 35.6 Å². The lowest BCUT2D eigenvalue weighted by Crippen LogP contribution is -2.44. The van der Waals surface area contributed by atoms with Crippen molar-refractivity contribution in [2.75, 3.05) is 6.54 Å². The zero-order chi connectivity index (χ0) is 19.0. The molecular weight excluding hydrogens is 310 g/mol. The lowest BCUT2D eigenvalue weighted by atomic mass is 9.75. The van der Waals surface area contributed by atoms with Crippen LogP contribution >= 0.6 is 0 Å². The van der Waals surface area contributed by atoms with Crippen molar-refractivity contribution in [1.29, 1.82) is 0 Å². The monoisotopic (exact) mass is 345 g/mol. The van der Waals surface area contributed by atoms with E-state index in [9.17, 15) is 4.79 Å². The summed E-state index contributed by atoms with van der Waals surface area (Å²) in [6.45, 7) is 18.1. The van der Waals surface area contributed by atoms with Gasteiger partial charge in [-0.05, 0) is 59.8 Å². The number of rotatable bonds is 3. The molecule has 0 bridgehead atoms. The van der Waals surface area contributed by atoms with Gasteiger partial charge in [-0.15, -0.1) is 0 Å². The van der Waals surface area contributed by atoms with Crippen molar-refractivity contribution < 1.29 is 9.53 Å². The van der Waals surface area contributed by atoms with E-state index in [0.717, 1.165) is 30.5 Å². The number of ketones is 1. The van der Waals surface area contributed by atoms with Gasteiger partial charge in [-0.2, -0.15) is 0 Å². The molecule has 0 aromatic carbocycles. The minimum absolute atomic E-state index is 0.0322. The quantitative estimate of drug-likeness (QED) is 0.717. The molecule has 2 rings (SSSR count). The Hall–Kier alpha value is -1.35. The molecule has 1 aliphatic carbocycles. The third-order valence-electron chi connectivity index (χ3n) is 4.93. The van der Waals surface area contributed by atoms with Crippen LogP contribution in [0.25, 0.3) is 0 Å². The van der Waals surface area contributed by atoms with Crippen LogP contribution in [0.2, 0.25) is 0 Å². The Bertz CT molecular complexity index is 609. The summed E-state index contributed by atoms with van der Waals surface area (Å²) in [6, 6.07) is 0. The topological polar surface area (TPSA) is 29.5 Å². The van der Waals surface area contributed by atoms with Gasteiger partial charge in [0.05, 0.1) is 11.7 Å². The van der Waals surface area contributed by atoms with E-state index < -0.39 is 0 Å². The van der Waals surface area contributed by atoms with Gasteiger partial charge in [0.1, 0.15) is 0 Å². The predicted molar refractivity (Wildman–Crippen MR) is 104 cm³/mol. The molecule has 0 aromatic heterocycles. The van der Waals surface area contributed by atoms with Crippen molar-refractivity contribution in [1.82, 2.24) is 4.90 Å². The summed E-state index contributed by atoms with van der Waals surface area (Å²) in [6.07, 6.45) is 9.89. The lowest BCUT2D eigenvalue weighted by molar-refractivity contribution is -0.113. The van der Waals surface area contributed by atoms with Gasteiger partial charge in [-0.3, -0.25) is 4.79 Å². The lowest BCUT2D eigenvalue weighted by Gasteiger charge is -2.43. The minimum atomic E-state index is -0.175. The van der Waals surface area contributed by atoms with Crippen molar-refractivity contribution in [3.8, 4) is 0 Å². The summed E-state index contributed by atoms with van der Waals surface area (Å²) in [7, 11) is 0. The minimum Gasteiger partial charge on any atom is -0.372 e. The number of hydrogen-bond donors (Lipinski definition) is 0. The number of allylic oxidation sites excluding steroid dienone is 3. The highest BCUT2D eigenvalue weighted by atomic mass is 16.5. The first-order valence-electron chi connectivity index (χ1n) is 9.39. The third kappa shape index (κ3) is 5.07. The van der Waals surface area contributed by atoms with Gasteiger partial charge in [0.15, 0.2) is 5.78 Å². The highest BCUT2D eigenvalue weighted by molar-refractivity contribution is 6.11. The van der Waals surface area contributed by atoms with E-state index in [1.54, 1.807) is 0 Å². The van der Waals surface area contributed by atoms with Crippen LogP contribution < -0.4 is 0 Å². The van der Waals surface area contributed by atoms with Crippen LogP contribution in [0, 0.1) is 5.41 Å². The Morgan fingerprint density at radius 2 is 1.84 bits per heavy atom. The van der Waals surface area contributed by atoms with E-state index >= 15 is 0 Å². The first-order chi connectivity index (χ1) is 11.3. The van der Waals surface area contributed by atoms with Crippen molar-refractivity contribution >= 4 is 5.78 Å². The summed E-state index contributed by atoms with van der Waals surface area (Å²) in [5.41, 5.74) is 1.48. The molecule has 0 radical (unpaired) electrons. The van der Waals surface area contributed by atoms with Gasteiger partial charge in [0, 0.05) is 29.4 Å². The molecule has 0 amide bonds. The second kappa shape index (κ2) is 6.75. The average molecular weight is 346 g/mol. The maximum absolute atomic E-state index is 13.2. The van der Waals surface area contributed by atoms with Crippen LogP contribution in [-0.2, 0) is 9.53 Å². The van der Waals surface area contributed by atoms with E-state index in [0.29, 0.717) is 0 Å². The zero-order valence-corrected chi connectivity index (χ0v) is 17.3. The molecule has 1 atom stereocenters. The molecule has 3 nitrogen and oxygen atoms in total. The Morgan fingerprint density at radius 3 is 2.32 bits per heavy atom. The first kappa shape index (κ1) is 20.0. The van der Waals surface area contributed by atoms with E-state index in [1.165, 1.54) is 0 Å². The van der Waals surface area contributed by atoms with Crippen molar-refractivity contribution in [3.05, 3.63) is 35.6 Å². The van der Waals surface area contributed by atoms with Gasteiger partial charge in [0.2, 0.25) is 0 Å². The largest absolute Gasteiger partial charge is 0.372 e. The van der Waals surface area contributed by atoms with Gasteiger partial charge in [-0.1, -0.05) is 32.1 Å². The second-order valence-corrected chi connectivity index (χ2v) is 9.89. The number of carbonyl (C=O) groups is 1. The number of ether oxygens (including phenoxy) is 1. The standard InChI is InChI=1S/C22H35NO2/c1-20(2,3)23-14-13-22(7,8)18(15-23)19(24)16-9-11-17(12-10-16)25-21(4,5)6/h9-11,15,17H,12-14H2,1-8H3. The highest BCUT2D eigenvalue weighted by Crippen LogP contribution is 2.39. The molecular formula is C22H35NO2. The molecule has 2 aliphatic rings. The van der Waals surface area contributed by atoms with Crippen molar-refractivity contribution in [2.24, 2.45) is 5.41 Å². The molecule has 140 valence electrons. The summed E-state index contributed by atoms with van der Waals surface area (Å²) >= 11 is 0. The first-order valence-corrected chi connectivity index (χ1v) is 9.39. The molecule has 0 N–H and O–H groups in total. The van der Waals surface area contributed by atoms with Crippen LogP contribution in [-0.4, -0.2) is 34.5 Å². The molecule has 1 unspecified atom stereocenters. The fraction of sp³-hybridized carbons (Fsp3) is 0.682. The Morgan fingerprint density at radius 1 is 1.20 bits per heavy atom. The highest BCUT2D eigenvalue weighted by Gasteiger charge is 2.36. The fourth-order valence-corrected chi connectivity index (χ4v) is 3.29. The van der Waals surface area contributed by atoms with Crippen LogP contribution in [0.3, 0.4) is 0 Å². The number of nitrogens with zero attached hydrogens (tertiary/aromatic N) is 1. The second-order valence-electron chi connectivity index (χ2n) is 9.89. The normalized spacial score (nSPS) is 24.0. The van der Waals surface area contributed by atoms with Gasteiger partial charge in [-0.25, -0.2) is 0 Å². The third-order valence-corrected chi connectivity index (χ3v) is 4.93. The summed E-state index contributed by atoms with van der Waals surface area (Å²) in [4.78, 5) is 15.5. The number of Topliss-reactive ketones (excluding diaryl/α,β-unsaturated/α-hetero) is 1. The van der Waals surface area contributed by atoms with E-state index in [4.69, 9.17) is 4.74 Å². The van der Waals surface area contributed by atoms with Gasteiger partial charge < -0.3 is 9.64 Å². The van der Waals surface area contributed by atoms with Crippen LogP contribution in [0.1, 0.15) is 68.2 Å². The predicted octanol–water partition coefficient (Wildman–Crippen LogP) is 5.04. The smallest absolute Gasteiger partial charge is 0.190 e. The van der Waals surface area contributed by atoms with Gasteiger partial charge >= 0.3 is 0 Å². The maximum Gasteiger partial charge on any atom is 0.190 e. The SMILES string of the molecule is CC(C)(C)OC1C=CC(C(=O)C2=CN(C(C)(C)C)CCC2(C)C)=CC1. The molecule has 0 aromatic rings. The molecule has 0 saturated heterocycles. The summed E-state index contributed by atoms with van der Waals surface area (Å²) in [5.74, 6) is 0.157. The van der Waals surface area contributed by atoms with E-state index in [-0.39, 0.29) is 28.4 Å². The number of carbonyl (C=O) groups excluding carboxylic acids is 1. The molecule has 3 heteroatoms. The fourth-order valence-electron chi connectivity index (χ4n) is 3.29. The van der Waals surface area contributed by atoms with Crippen LogP contribution in [0.4, 0.5) is 0 Å². The van der Waals surface area contributed by atoms with Crippen molar-refractivity contribution in [3.63, 3.8) is 0 Å². The van der Waals surface area contributed by atoms with Crippen molar-refractivity contribution in [2.45, 2.75) is 85.5 Å². The summed E-state index contributed by atoms with van der Waals surface area (Å²) < 4.78 is 5.99. The molecule has 0 spiro atoms. The van der Waals surface area contributed by atoms with E-state index in [2.05, 4.69) is 66.5 Å². The molecule has 0 saturated carbocycles. The van der Waals surface area contributed by atoms with E-state index in [1.807, 2.05) is 18.2 Å². The van der Waals surface area contributed by atoms with Crippen LogP contribution in [0.5, 0.6) is 0 Å². The molecule has 25 heavy (non-hydrogen) atoms. The summed E-state index contributed by atoms with van der Waals surface area (Å²) in [5, 5.41) is 0. The number of hydrogen-bond acceptors (Lipinski definition) is 3. The Balaban J connectivity index is 2.19. The zero-order valence-electron chi connectivity index (χ0n) is 17.3. The molecule has 1 aliphatic heterocycles. The average Bonchev–Trinajstić information content (AvgIpc) is 2.44. The Labute approximate surface area is 153 Å². The molecule has 0 fully saturated rings. The maximum atomic E-state index is 13.2. The molecule has 1 heterocycles.